The molecule has 3 aliphatic rings. The Labute approximate surface area is 293 Å². The first-order valence-corrected chi connectivity index (χ1v) is 16.1. The second-order valence-electron chi connectivity index (χ2n) is 10.6. The highest BCUT2D eigenvalue weighted by molar-refractivity contribution is 9.10. The second kappa shape index (κ2) is 15.0. The third kappa shape index (κ3) is 6.93. The van der Waals surface area contributed by atoms with E-state index in [0.29, 0.717) is 5.56 Å². The molecule has 15 heteroatoms. The van der Waals surface area contributed by atoms with Gasteiger partial charge in [0.25, 0.3) is 17.7 Å². The lowest BCUT2D eigenvalue weighted by Gasteiger charge is -2.50. The fourth-order valence-corrected chi connectivity index (χ4v) is 6.21. The van der Waals surface area contributed by atoms with Crippen LogP contribution < -0.4 is 10.2 Å². The average Bonchev–Trinajstić information content (AvgIpc) is 3.31. The van der Waals surface area contributed by atoms with Gasteiger partial charge in [-0.3, -0.25) is 29.4 Å². The Morgan fingerprint density at radius 2 is 1.73 bits per heavy atom. The Bertz CT molecular complexity index is 1750. The van der Waals surface area contributed by atoms with Crippen molar-refractivity contribution in [2.75, 3.05) is 12.6 Å². The van der Waals surface area contributed by atoms with E-state index in [1.54, 1.807) is 36.4 Å². The standard InChI is InChI=1S/C26H21BrCl2N4O7.C7H6O/c1-14(11-28)20(26(39)40-13-31-23(36)17-7-2-3-8-18(17)24(31)37)32-22(29)21(25(32)38)33(30-12-34)19(35)10-15-5-4-6-16(27)9-15;1-2-4-7-6(3-1)5-8-7/h2-9,12,20-22H,1,10-11,13H2,(H,30,34);1-4H,5H2. The third-order valence-corrected chi connectivity index (χ3v) is 8.93. The van der Waals surface area contributed by atoms with Gasteiger partial charge in [0.15, 0.2) is 18.8 Å². The zero-order valence-electron chi connectivity index (χ0n) is 25.0. The zero-order valence-corrected chi connectivity index (χ0v) is 28.1. The first kappa shape index (κ1) is 34.6. The molecular weight excluding hydrogens is 731 g/mol. The van der Waals surface area contributed by atoms with E-state index < -0.39 is 53.9 Å². The molecule has 48 heavy (non-hydrogen) atoms. The maximum Gasteiger partial charge on any atom is 0.335 e. The normalized spacial score (nSPS) is 17.7. The van der Waals surface area contributed by atoms with Crippen molar-refractivity contribution >= 4 is 75.1 Å². The van der Waals surface area contributed by atoms with E-state index in [1.165, 1.54) is 17.7 Å². The molecule has 0 radical (unpaired) electrons. The number of esters is 1. The molecule has 3 aliphatic heterocycles. The van der Waals surface area contributed by atoms with Crippen molar-refractivity contribution in [2.24, 2.45) is 0 Å². The SMILES string of the molecule is C=C(CCl)C(C(=O)OCN1C(=O)c2ccccc2C1=O)N1C(=O)C(N(NC=O)C(=O)Cc2cccc(Br)c2)C1Cl.c1ccc2c(c1)CO2. The van der Waals surface area contributed by atoms with Gasteiger partial charge in [-0.2, -0.15) is 0 Å². The number of hydrogen-bond acceptors (Lipinski definition) is 8. The van der Waals surface area contributed by atoms with Crippen molar-refractivity contribution in [3.8, 4) is 5.75 Å². The molecule has 3 unspecified atom stereocenters. The summed E-state index contributed by atoms with van der Waals surface area (Å²) >= 11 is 15.7. The summed E-state index contributed by atoms with van der Waals surface area (Å²) in [5.41, 5.74) is 3.23. The fourth-order valence-electron chi connectivity index (χ4n) is 5.19. The van der Waals surface area contributed by atoms with Crippen LogP contribution in [0.2, 0.25) is 0 Å². The average molecular weight is 758 g/mol. The Balaban J connectivity index is 0.000000485. The topological polar surface area (TPSA) is 143 Å². The van der Waals surface area contributed by atoms with E-state index in [2.05, 4.69) is 34.0 Å². The second-order valence-corrected chi connectivity index (χ2v) is 12.3. The highest BCUT2D eigenvalue weighted by Crippen LogP contribution is 2.33. The summed E-state index contributed by atoms with van der Waals surface area (Å²) in [5.74, 6) is -2.96. The van der Waals surface area contributed by atoms with Gasteiger partial charge in [0.05, 0.1) is 17.5 Å². The van der Waals surface area contributed by atoms with Gasteiger partial charge in [0.2, 0.25) is 12.3 Å². The van der Waals surface area contributed by atoms with Crippen molar-refractivity contribution in [3.63, 3.8) is 0 Å². The van der Waals surface area contributed by atoms with Crippen LogP contribution in [0.3, 0.4) is 0 Å². The predicted molar refractivity (Wildman–Crippen MR) is 176 cm³/mol. The number of para-hydroxylation sites is 1. The monoisotopic (exact) mass is 756 g/mol. The van der Waals surface area contributed by atoms with E-state index in [9.17, 15) is 28.8 Å². The molecule has 3 atom stereocenters. The molecule has 3 aromatic rings. The molecule has 5 amide bonds. The number of nitrogens with zero attached hydrogens (tertiary/aromatic N) is 3. The van der Waals surface area contributed by atoms with Gasteiger partial charge in [-0.05, 0) is 41.5 Å². The van der Waals surface area contributed by atoms with Crippen molar-refractivity contribution in [2.45, 2.75) is 30.6 Å². The largest absolute Gasteiger partial charge is 0.488 e. The van der Waals surface area contributed by atoms with Gasteiger partial charge < -0.3 is 14.4 Å². The Hall–Kier alpha value is -4.72. The van der Waals surface area contributed by atoms with Crippen LogP contribution in [-0.2, 0) is 36.9 Å². The van der Waals surface area contributed by atoms with Crippen LogP contribution in [0.15, 0.2) is 89.4 Å². The number of β-lactam (4-membered cyclic amide) rings is 1. The first-order chi connectivity index (χ1) is 23.1. The van der Waals surface area contributed by atoms with Crippen LogP contribution in [0.5, 0.6) is 5.75 Å². The summed E-state index contributed by atoms with van der Waals surface area (Å²) < 4.78 is 11.0. The number of likely N-dealkylation sites (tertiary alicyclic amines) is 1. The number of fused-ring (bicyclic) bond motifs is 2. The lowest BCUT2D eigenvalue weighted by atomic mass is 9.98. The quantitative estimate of drug-likeness (QED) is 0.0455. The van der Waals surface area contributed by atoms with Crippen molar-refractivity contribution in [3.05, 3.63) is 112 Å². The molecule has 0 bridgehead atoms. The van der Waals surface area contributed by atoms with Gasteiger partial charge in [-0.1, -0.05) is 76.6 Å². The van der Waals surface area contributed by atoms with E-state index in [1.807, 2.05) is 18.2 Å². The molecule has 0 aromatic heterocycles. The Morgan fingerprint density at radius 1 is 1.06 bits per heavy atom. The van der Waals surface area contributed by atoms with Gasteiger partial charge in [-0.15, -0.1) is 11.6 Å². The number of amides is 5. The number of benzene rings is 3. The predicted octanol–water partition coefficient (Wildman–Crippen LogP) is 3.80. The number of carbonyl (C=O) groups excluding carboxylic acids is 6. The molecule has 0 saturated carbocycles. The van der Waals surface area contributed by atoms with Crippen LogP contribution in [0, 0.1) is 0 Å². The fraction of sp³-hybridized carbons (Fsp3) is 0.212. The summed E-state index contributed by atoms with van der Waals surface area (Å²) in [4.78, 5) is 77.5. The molecule has 248 valence electrons. The summed E-state index contributed by atoms with van der Waals surface area (Å²) in [7, 11) is 0. The third-order valence-electron chi connectivity index (χ3n) is 7.65. The number of halogens is 3. The number of carbonyl (C=O) groups is 6. The number of hydrogen-bond donors (Lipinski definition) is 1. The van der Waals surface area contributed by atoms with Gasteiger partial charge in [-0.25, -0.2) is 14.7 Å². The molecular formula is C33H27BrCl2N4O8. The van der Waals surface area contributed by atoms with E-state index >= 15 is 0 Å². The van der Waals surface area contributed by atoms with Crippen molar-refractivity contribution < 1.29 is 38.2 Å². The van der Waals surface area contributed by atoms with Crippen molar-refractivity contribution in [1.29, 1.82) is 0 Å². The van der Waals surface area contributed by atoms with Crippen LogP contribution in [-0.4, -0.2) is 81.0 Å². The van der Waals surface area contributed by atoms with Crippen LogP contribution in [0.4, 0.5) is 0 Å². The Kier molecular flexibility index (Phi) is 10.8. The molecule has 6 rings (SSSR count). The number of nitrogens with one attached hydrogen (secondary N) is 1. The van der Waals surface area contributed by atoms with Crippen LogP contribution in [0.1, 0.15) is 31.8 Å². The van der Waals surface area contributed by atoms with Crippen molar-refractivity contribution in [1.82, 2.24) is 20.2 Å². The molecule has 1 N–H and O–H groups in total. The number of ether oxygens (including phenoxy) is 2. The van der Waals surface area contributed by atoms with Crippen LogP contribution in [0.25, 0.3) is 0 Å². The van der Waals surface area contributed by atoms with Gasteiger partial charge >= 0.3 is 5.97 Å². The minimum atomic E-state index is -1.49. The highest BCUT2D eigenvalue weighted by Gasteiger charge is 2.56. The summed E-state index contributed by atoms with van der Waals surface area (Å²) in [6.07, 6.45) is 0.0672. The first-order valence-electron chi connectivity index (χ1n) is 14.4. The minimum Gasteiger partial charge on any atom is -0.488 e. The molecule has 0 spiro atoms. The summed E-state index contributed by atoms with van der Waals surface area (Å²) in [6, 6.07) is 18.3. The Morgan fingerprint density at radius 3 is 2.25 bits per heavy atom. The lowest BCUT2D eigenvalue weighted by molar-refractivity contribution is -0.173. The molecule has 0 aliphatic carbocycles. The molecule has 12 nitrogen and oxygen atoms in total. The molecule has 3 heterocycles. The number of hydrazine groups is 1. The summed E-state index contributed by atoms with van der Waals surface area (Å²) in [6.45, 7) is 3.80. The van der Waals surface area contributed by atoms with E-state index in [0.717, 1.165) is 31.6 Å². The number of rotatable bonds is 11. The molecule has 3 aromatic carbocycles. The van der Waals surface area contributed by atoms with Crippen LogP contribution >= 0.6 is 39.1 Å². The minimum absolute atomic E-state index is 0.0434. The van der Waals surface area contributed by atoms with E-state index in [4.69, 9.17) is 32.7 Å². The smallest absolute Gasteiger partial charge is 0.335 e. The number of alkyl halides is 2. The van der Waals surface area contributed by atoms with Gasteiger partial charge in [0, 0.05) is 15.9 Å². The number of imide groups is 1. The maximum absolute atomic E-state index is 13.3. The summed E-state index contributed by atoms with van der Waals surface area (Å²) in [5, 5.41) is 0.801. The molecule has 1 saturated heterocycles. The van der Waals surface area contributed by atoms with Gasteiger partial charge in [0.1, 0.15) is 17.9 Å². The highest BCUT2D eigenvalue weighted by atomic mass is 79.9. The molecule has 1 fully saturated rings. The zero-order chi connectivity index (χ0) is 34.5. The maximum atomic E-state index is 13.3. The lowest BCUT2D eigenvalue weighted by Crippen LogP contribution is -2.75. The van der Waals surface area contributed by atoms with E-state index in [-0.39, 0.29) is 35.4 Å².